The van der Waals surface area contributed by atoms with Gasteiger partial charge in [-0.05, 0) is 36.8 Å². The van der Waals surface area contributed by atoms with E-state index in [0.717, 1.165) is 0 Å². The van der Waals surface area contributed by atoms with Crippen molar-refractivity contribution in [3.8, 4) is 0 Å². The zero-order chi connectivity index (χ0) is 18.7. The maximum Gasteiger partial charge on any atom is 0.293 e. The van der Waals surface area contributed by atoms with E-state index >= 15 is 0 Å². The van der Waals surface area contributed by atoms with E-state index in [-0.39, 0.29) is 11.3 Å². The average Bonchev–Trinajstić information content (AvgIpc) is 2.65. The Balaban J connectivity index is 1.88. The van der Waals surface area contributed by atoms with Crippen molar-refractivity contribution in [1.29, 1.82) is 0 Å². The largest absolute Gasteiger partial charge is 0.378 e. The maximum absolute atomic E-state index is 13.4. The third-order valence-corrected chi connectivity index (χ3v) is 4.23. The number of aryl methyl sites for hydroxylation is 1. The van der Waals surface area contributed by atoms with Gasteiger partial charge >= 0.3 is 0 Å². The Morgan fingerprint density at radius 3 is 2.65 bits per heavy atom. The van der Waals surface area contributed by atoms with Gasteiger partial charge in [-0.15, -0.1) is 0 Å². The molecule has 26 heavy (non-hydrogen) atoms. The van der Waals surface area contributed by atoms with Crippen LogP contribution in [0.2, 0.25) is 0 Å². The number of nitrogens with one attached hydrogen (secondary N) is 1. The predicted octanol–water partition coefficient (Wildman–Crippen LogP) is 3.13. The summed E-state index contributed by atoms with van der Waals surface area (Å²) in [6, 6.07) is 8.40. The number of carbonyl (C=O) groups excluding carboxylic acids is 1. The van der Waals surface area contributed by atoms with Crippen LogP contribution in [0, 0.1) is 22.9 Å². The van der Waals surface area contributed by atoms with Crippen molar-refractivity contribution < 1.29 is 18.8 Å². The Morgan fingerprint density at radius 2 is 1.96 bits per heavy atom. The third-order valence-electron chi connectivity index (χ3n) is 4.23. The summed E-state index contributed by atoms with van der Waals surface area (Å²) in [5.41, 5.74) is 1.47. The van der Waals surface area contributed by atoms with Crippen LogP contribution in [-0.4, -0.2) is 37.1 Å². The van der Waals surface area contributed by atoms with Crippen LogP contribution in [0.25, 0.3) is 0 Å². The summed E-state index contributed by atoms with van der Waals surface area (Å²) in [6.45, 7) is 3.83. The molecule has 3 rings (SSSR count). The summed E-state index contributed by atoms with van der Waals surface area (Å²) < 4.78 is 18.6. The van der Waals surface area contributed by atoms with Gasteiger partial charge in [-0.25, -0.2) is 4.39 Å². The van der Waals surface area contributed by atoms with Crippen LogP contribution in [0.3, 0.4) is 0 Å². The number of anilines is 2. The number of carbonyl (C=O) groups is 1. The number of nitro benzene ring substituents is 1. The summed E-state index contributed by atoms with van der Waals surface area (Å²) in [7, 11) is 0. The van der Waals surface area contributed by atoms with Crippen molar-refractivity contribution in [1.82, 2.24) is 0 Å². The van der Waals surface area contributed by atoms with Crippen LogP contribution < -0.4 is 10.2 Å². The molecule has 0 atom stereocenters. The molecule has 1 amide bonds. The zero-order valence-corrected chi connectivity index (χ0v) is 14.2. The number of hydrogen-bond donors (Lipinski definition) is 1. The Labute approximate surface area is 149 Å². The van der Waals surface area contributed by atoms with Gasteiger partial charge < -0.3 is 15.0 Å². The average molecular weight is 359 g/mol. The lowest BCUT2D eigenvalue weighted by molar-refractivity contribution is -0.384. The van der Waals surface area contributed by atoms with Gasteiger partial charge in [0.25, 0.3) is 11.6 Å². The quantitative estimate of drug-likeness (QED) is 0.670. The standard InChI is InChI=1S/C18H18FN3O4/c1-12-2-4-14(19)11-15(12)20-18(23)13-3-5-16(17(10-13)22(24)25)21-6-8-26-9-7-21/h2-5,10-11H,6-9H2,1H3,(H,20,23). The molecule has 0 radical (unpaired) electrons. The van der Waals surface area contributed by atoms with Crippen LogP contribution in [0.15, 0.2) is 36.4 Å². The minimum absolute atomic E-state index is 0.136. The first-order valence-corrected chi connectivity index (χ1v) is 8.14. The number of nitrogens with zero attached hydrogens (tertiary/aromatic N) is 2. The topological polar surface area (TPSA) is 84.7 Å². The molecule has 136 valence electrons. The highest BCUT2D eigenvalue weighted by molar-refractivity contribution is 6.05. The molecular weight excluding hydrogens is 341 g/mol. The molecule has 1 fully saturated rings. The maximum atomic E-state index is 13.4. The number of rotatable bonds is 4. The highest BCUT2D eigenvalue weighted by Gasteiger charge is 2.23. The highest BCUT2D eigenvalue weighted by atomic mass is 19.1. The normalized spacial score (nSPS) is 14.2. The SMILES string of the molecule is Cc1ccc(F)cc1NC(=O)c1ccc(N2CCOCC2)c([N+](=O)[O-])c1. The molecule has 0 bridgehead atoms. The van der Waals surface area contributed by atoms with Gasteiger partial charge in [-0.1, -0.05) is 6.07 Å². The van der Waals surface area contributed by atoms with E-state index in [1.807, 2.05) is 4.90 Å². The van der Waals surface area contributed by atoms with Crippen LogP contribution in [0.4, 0.5) is 21.5 Å². The number of amides is 1. The lowest BCUT2D eigenvalue weighted by Gasteiger charge is -2.28. The smallest absolute Gasteiger partial charge is 0.293 e. The van der Waals surface area contributed by atoms with Gasteiger partial charge in [0.1, 0.15) is 11.5 Å². The molecule has 1 saturated heterocycles. The molecule has 1 aliphatic heterocycles. The van der Waals surface area contributed by atoms with Crippen molar-refractivity contribution in [3.05, 3.63) is 63.5 Å². The summed E-state index contributed by atoms with van der Waals surface area (Å²) in [5.74, 6) is -1.00. The van der Waals surface area contributed by atoms with Gasteiger partial charge in [0.05, 0.1) is 18.1 Å². The first-order chi connectivity index (χ1) is 12.5. The second-order valence-corrected chi connectivity index (χ2v) is 5.97. The number of hydrogen-bond acceptors (Lipinski definition) is 5. The monoisotopic (exact) mass is 359 g/mol. The van der Waals surface area contributed by atoms with Gasteiger partial charge in [0.15, 0.2) is 0 Å². The number of nitro groups is 1. The van der Waals surface area contributed by atoms with E-state index in [4.69, 9.17) is 4.74 Å². The zero-order valence-electron chi connectivity index (χ0n) is 14.2. The third kappa shape index (κ3) is 3.80. The summed E-state index contributed by atoms with van der Waals surface area (Å²) in [5, 5.41) is 14.1. The van der Waals surface area contributed by atoms with Crippen LogP contribution in [0.5, 0.6) is 0 Å². The van der Waals surface area contributed by atoms with E-state index in [1.54, 1.807) is 19.1 Å². The molecule has 1 N–H and O–H groups in total. The molecule has 0 aliphatic carbocycles. The van der Waals surface area contributed by atoms with Crippen molar-refractivity contribution in [2.24, 2.45) is 0 Å². The highest BCUT2D eigenvalue weighted by Crippen LogP contribution is 2.30. The fourth-order valence-corrected chi connectivity index (χ4v) is 2.81. The Hall–Kier alpha value is -3.00. The molecule has 0 aromatic heterocycles. The molecule has 2 aromatic carbocycles. The molecular formula is C18H18FN3O4. The summed E-state index contributed by atoms with van der Waals surface area (Å²) >= 11 is 0. The molecule has 7 nitrogen and oxygen atoms in total. The predicted molar refractivity (Wildman–Crippen MR) is 95.2 cm³/mol. The van der Waals surface area contributed by atoms with Gasteiger partial charge in [0.2, 0.25) is 0 Å². The van der Waals surface area contributed by atoms with Crippen LogP contribution >= 0.6 is 0 Å². The van der Waals surface area contributed by atoms with E-state index in [1.165, 1.54) is 24.3 Å². The van der Waals surface area contributed by atoms with E-state index in [9.17, 15) is 19.3 Å². The molecule has 0 saturated carbocycles. The molecule has 0 unspecified atom stereocenters. The summed E-state index contributed by atoms with van der Waals surface area (Å²) in [6.07, 6.45) is 0. The minimum Gasteiger partial charge on any atom is -0.378 e. The molecule has 8 heteroatoms. The number of benzene rings is 2. The second kappa shape index (κ2) is 7.49. The Kier molecular flexibility index (Phi) is 5.13. The number of morpholine rings is 1. The van der Waals surface area contributed by atoms with Crippen LogP contribution in [0.1, 0.15) is 15.9 Å². The molecule has 2 aromatic rings. The van der Waals surface area contributed by atoms with E-state index in [2.05, 4.69) is 5.32 Å². The molecule has 0 spiro atoms. The first-order valence-electron chi connectivity index (χ1n) is 8.14. The number of ether oxygens (including phenoxy) is 1. The van der Waals surface area contributed by atoms with Crippen molar-refractivity contribution in [3.63, 3.8) is 0 Å². The van der Waals surface area contributed by atoms with Crippen molar-refractivity contribution in [2.45, 2.75) is 6.92 Å². The van der Waals surface area contributed by atoms with Gasteiger partial charge in [-0.3, -0.25) is 14.9 Å². The fourth-order valence-electron chi connectivity index (χ4n) is 2.81. The number of halogens is 1. The lowest BCUT2D eigenvalue weighted by Crippen LogP contribution is -2.36. The minimum atomic E-state index is -0.532. The Morgan fingerprint density at radius 1 is 1.23 bits per heavy atom. The first kappa shape index (κ1) is 17.8. The van der Waals surface area contributed by atoms with Crippen molar-refractivity contribution in [2.75, 3.05) is 36.5 Å². The summed E-state index contributed by atoms with van der Waals surface area (Å²) in [4.78, 5) is 25.3. The lowest BCUT2D eigenvalue weighted by atomic mass is 10.1. The molecule has 1 heterocycles. The second-order valence-electron chi connectivity index (χ2n) is 5.97. The van der Waals surface area contributed by atoms with E-state index < -0.39 is 16.6 Å². The molecule has 1 aliphatic rings. The van der Waals surface area contributed by atoms with Crippen LogP contribution in [-0.2, 0) is 4.74 Å². The Bertz CT molecular complexity index is 850. The fraction of sp³-hybridized carbons (Fsp3) is 0.278. The van der Waals surface area contributed by atoms with Gasteiger partial charge in [0, 0.05) is 30.4 Å². The van der Waals surface area contributed by atoms with Gasteiger partial charge in [-0.2, -0.15) is 0 Å². The van der Waals surface area contributed by atoms with E-state index in [0.29, 0.717) is 43.2 Å². The van der Waals surface area contributed by atoms with Crippen molar-refractivity contribution >= 4 is 23.0 Å².